The molecule has 0 atom stereocenters. The number of hydrogen-bond acceptors (Lipinski definition) is 4. The van der Waals surface area contributed by atoms with Gasteiger partial charge in [0.25, 0.3) is 5.91 Å². The van der Waals surface area contributed by atoms with Crippen LogP contribution in [-0.4, -0.2) is 25.5 Å². The van der Waals surface area contributed by atoms with Gasteiger partial charge in [0, 0.05) is 12.4 Å². The molecule has 4 rings (SSSR count). The Balaban J connectivity index is 1.39. The Morgan fingerprint density at radius 2 is 1.72 bits per heavy atom. The van der Waals surface area contributed by atoms with Crippen LogP contribution >= 0.6 is 46.4 Å². The Morgan fingerprint density at radius 1 is 0.906 bits per heavy atom. The van der Waals surface area contributed by atoms with Crippen LogP contribution in [0, 0.1) is 0 Å². The summed E-state index contributed by atoms with van der Waals surface area (Å²) in [5.41, 5.74) is 1.07. The highest BCUT2D eigenvalue weighted by molar-refractivity contribution is 6.42. The molecule has 1 amide bonds. The molecule has 0 saturated heterocycles. The van der Waals surface area contributed by atoms with Crippen LogP contribution in [0.2, 0.25) is 20.1 Å². The van der Waals surface area contributed by atoms with E-state index in [9.17, 15) is 4.79 Å². The third kappa shape index (κ3) is 5.37. The first-order valence-electron chi connectivity index (χ1n) is 9.28. The molecule has 2 aromatic carbocycles. The maximum atomic E-state index is 12.6. The predicted molar refractivity (Wildman–Crippen MR) is 125 cm³/mol. The third-order valence-electron chi connectivity index (χ3n) is 4.34. The number of halogens is 4. The van der Waals surface area contributed by atoms with E-state index in [4.69, 9.17) is 51.1 Å². The van der Waals surface area contributed by atoms with Crippen molar-refractivity contribution in [3.05, 3.63) is 92.3 Å². The first kappa shape index (κ1) is 22.5. The number of para-hydroxylation sites is 1. The third-order valence-corrected chi connectivity index (χ3v) is 5.67. The SMILES string of the molecule is O=C(Nc1nn(Cc2ccc(Cl)c(Cl)c2)cc1Cl)c1ccn(COc2ccccc2Cl)n1. The smallest absolute Gasteiger partial charge is 0.277 e. The van der Waals surface area contributed by atoms with E-state index >= 15 is 0 Å². The van der Waals surface area contributed by atoms with Gasteiger partial charge in [0.2, 0.25) is 0 Å². The van der Waals surface area contributed by atoms with Gasteiger partial charge < -0.3 is 10.1 Å². The number of amides is 1. The average Bonchev–Trinajstić information content (AvgIpc) is 3.37. The van der Waals surface area contributed by atoms with Gasteiger partial charge in [0.1, 0.15) is 10.8 Å². The number of anilines is 1. The molecule has 1 N–H and O–H groups in total. The molecule has 4 aromatic rings. The standard InChI is InChI=1S/C21H15Cl4N5O2/c22-14-6-5-13(9-16(14)24)10-30-11-17(25)20(28-30)26-21(31)18-7-8-29(27-18)12-32-19-4-2-1-3-15(19)23/h1-9,11H,10,12H2,(H,26,28,31). The fraction of sp³-hybridized carbons (Fsp3) is 0.0952. The summed E-state index contributed by atoms with van der Waals surface area (Å²) in [6.45, 7) is 0.497. The summed E-state index contributed by atoms with van der Waals surface area (Å²) in [4.78, 5) is 12.6. The maximum absolute atomic E-state index is 12.6. The molecule has 0 fully saturated rings. The van der Waals surface area contributed by atoms with E-state index in [1.807, 2.05) is 18.2 Å². The molecule has 0 spiro atoms. The van der Waals surface area contributed by atoms with E-state index in [0.717, 1.165) is 5.56 Å². The minimum Gasteiger partial charge on any atom is -0.470 e. The number of ether oxygens (including phenoxy) is 1. The van der Waals surface area contributed by atoms with Crippen LogP contribution in [-0.2, 0) is 13.3 Å². The Hall–Kier alpha value is -2.71. The van der Waals surface area contributed by atoms with Crippen molar-refractivity contribution in [2.24, 2.45) is 0 Å². The number of carbonyl (C=O) groups is 1. The molecule has 0 aliphatic rings. The Kier molecular flexibility index (Phi) is 6.91. The van der Waals surface area contributed by atoms with Crippen molar-refractivity contribution in [2.75, 3.05) is 5.32 Å². The predicted octanol–water partition coefficient (Wildman–Crippen LogP) is 6.03. The van der Waals surface area contributed by atoms with Gasteiger partial charge in [-0.15, -0.1) is 0 Å². The van der Waals surface area contributed by atoms with Gasteiger partial charge in [0.15, 0.2) is 18.2 Å². The lowest BCUT2D eigenvalue weighted by atomic mass is 10.2. The quantitative estimate of drug-likeness (QED) is 0.329. The van der Waals surface area contributed by atoms with E-state index in [2.05, 4.69) is 15.5 Å². The zero-order valence-corrected chi connectivity index (χ0v) is 19.3. The number of rotatable bonds is 7. The van der Waals surface area contributed by atoms with Crippen molar-refractivity contribution in [1.82, 2.24) is 19.6 Å². The number of nitrogens with one attached hydrogen (secondary N) is 1. The topological polar surface area (TPSA) is 74.0 Å². The number of hydrogen-bond donors (Lipinski definition) is 1. The molecule has 0 bridgehead atoms. The van der Waals surface area contributed by atoms with Crippen LogP contribution in [0.15, 0.2) is 60.9 Å². The molecular formula is C21H15Cl4N5O2. The molecule has 2 heterocycles. The lowest BCUT2D eigenvalue weighted by molar-refractivity contribution is 0.101. The van der Waals surface area contributed by atoms with Gasteiger partial charge in [-0.3, -0.25) is 9.48 Å². The van der Waals surface area contributed by atoms with E-state index in [-0.39, 0.29) is 18.2 Å². The molecule has 11 heteroatoms. The number of benzene rings is 2. The van der Waals surface area contributed by atoms with E-state index in [1.54, 1.807) is 47.4 Å². The van der Waals surface area contributed by atoms with Gasteiger partial charge in [-0.2, -0.15) is 10.2 Å². The summed E-state index contributed by atoms with van der Waals surface area (Å²) in [7, 11) is 0. The zero-order valence-electron chi connectivity index (χ0n) is 16.3. The molecule has 0 saturated carbocycles. The van der Waals surface area contributed by atoms with Gasteiger partial charge >= 0.3 is 0 Å². The van der Waals surface area contributed by atoms with Gasteiger partial charge in [-0.25, -0.2) is 4.68 Å². The normalized spacial score (nSPS) is 10.9. The van der Waals surface area contributed by atoms with Crippen LogP contribution < -0.4 is 10.1 Å². The van der Waals surface area contributed by atoms with Gasteiger partial charge in [-0.05, 0) is 35.9 Å². The lowest BCUT2D eigenvalue weighted by Crippen LogP contribution is -2.15. The van der Waals surface area contributed by atoms with Crippen LogP contribution in [0.1, 0.15) is 16.1 Å². The van der Waals surface area contributed by atoms with Crippen molar-refractivity contribution in [3.63, 3.8) is 0 Å². The van der Waals surface area contributed by atoms with Crippen molar-refractivity contribution in [3.8, 4) is 5.75 Å². The van der Waals surface area contributed by atoms with Gasteiger partial charge in [0.05, 0.1) is 21.6 Å². The molecule has 7 nitrogen and oxygen atoms in total. The molecular weight excluding hydrogens is 496 g/mol. The molecule has 0 radical (unpaired) electrons. The Labute approximate surface area is 203 Å². The second-order valence-electron chi connectivity index (χ2n) is 6.67. The first-order valence-corrected chi connectivity index (χ1v) is 10.8. The first-order chi connectivity index (χ1) is 15.4. The highest BCUT2D eigenvalue weighted by atomic mass is 35.5. The second kappa shape index (κ2) is 9.83. The van der Waals surface area contributed by atoms with E-state index < -0.39 is 5.91 Å². The van der Waals surface area contributed by atoms with E-state index in [0.29, 0.717) is 32.4 Å². The van der Waals surface area contributed by atoms with Gasteiger partial charge in [-0.1, -0.05) is 64.6 Å². The fourth-order valence-electron chi connectivity index (χ4n) is 2.81. The van der Waals surface area contributed by atoms with Crippen molar-refractivity contribution in [2.45, 2.75) is 13.3 Å². The second-order valence-corrected chi connectivity index (χ2v) is 8.30. The summed E-state index contributed by atoms with van der Waals surface area (Å²) < 4.78 is 8.68. The minimum atomic E-state index is -0.455. The number of nitrogens with zero attached hydrogens (tertiary/aromatic N) is 4. The Morgan fingerprint density at radius 3 is 2.50 bits per heavy atom. The lowest BCUT2D eigenvalue weighted by Gasteiger charge is -2.07. The van der Waals surface area contributed by atoms with Crippen LogP contribution in [0.3, 0.4) is 0 Å². The molecule has 0 unspecified atom stereocenters. The highest BCUT2D eigenvalue weighted by Gasteiger charge is 2.15. The number of carbonyl (C=O) groups excluding carboxylic acids is 1. The molecule has 2 aromatic heterocycles. The van der Waals surface area contributed by atoms with Crippen LogP contribution in [0.5, 0.6) is 5.75 Å². The van der Waals surface area contributed by atoms with Crippen LogP contribution in [0.4, 0.5) is 5.82 Å². The summed E-state index contributed by atoms with van der Waals surface area (Å²) in [6, 6.07) is 13.9. The molecule has 164 valence electrons. The highest BCUT2D eigenvalue weighted by Crippen LogP contribution is 2.25. The summed E-state index contributed by atoms with van der Waals surface area (Å²) in [5, 5.41) is 12.9. The Bertz CT molecular complexity index is 1270. The summed E-state index contributed by atoms with van der Waals surface area (Å²) >= 11 is 24.3. The average molecular weight is 511 g/mol. The summed E-state index contributed by atoms with van der Waals surface area (Å²) in [6.07, 6.45) is 3.23. The van der Waals surface area contributed by atoms with Crippen molar-refractivity contribution >= 4 is 58.1 Å². The van der Waals surface area contributed by atoms with Crippen LogP contribution in [0.25, 0.3) is 0 Å². The molecule has 0 aliphatic carbocycles. The molecule has 32 heavy (non-hydrogen) atoms. The van der Waals surface area contributed by atoms with Crippen molar-refractivity contribution in [1.29, 1.82) is 0 Å². The maximum Gasteiger partial charge on any atom is 0.277 e. The fourth-order valence-corrected chi connectivity index (χ4v) is 3.52. The largest absolute Gasteiger partial charge is 0.470 e. The minimum absolute atomic E-state index is 0.0933. The van der Waals surface area contributed by atoms with E-state index in [1.165, 1.54) is 4.68 Å². The monoisotopic (exact) mass is 509 g/mol. The molecule has 0 aliphatic heterocycles. The van der Waals surface area contributed by atoms with Crippen molar-refractivity contribution < 1.29 is 9.53 Å². The number of aromatic nitrogens is 4. The zero-order chi connectivity index (χ0) is 22.7. The summed E-state index contributed by atoms with van der Waals surface area (Å²) in [5.74, 6) is 0.289.